The zero-order valence-corrected chi connectivity index (χ0v) is 11.4. The Morgan fingerprint density at radius 3 is 2.56 bits per heavy atom. The van der Waals surface area contributed by atoms with Crippen LogP contribution in [0, 0.1) is 5.92 Å². The Hall–Kier alpha value is -1.30. The predicted molar refractivity (Wildman–Crippen MR) is 68.5 cm³/mol. The molecule has 0 aliphatic carbocycles. The van der Waals surface area contributed by atoms with Crippen molar-refractivity contribution < 1.29 is 19.4 Å². The Labute approximate surface area is 108 Å². The first kappa shape index (κ1) is 16.7. The fourth-order valence-electron chi connectivity index (χ4n) is 1.34. The summed E-state index contributed by atoms with van der Waals surface area (Å²) in [4.78, 5) is 22.0. The van der Waals surface area contributed by atoms with Crippen LogP contribution in [0.4, 0.5) is 4.79 Å². The van der Waals surface area contributed by atoms with Crippen molar-refractivity contribution in [3.05, 3.63) is 0 Å². The molecular weight excluding hydrogens is 236 g/mol. The lowest BCUT2D eigenvalue weighted by Gasteiger charge is -2.14. The van der Waals surface area contributed by atoms with Gasteiger partial charge in [0, 0.05) is 13.2 Å². The molecule has 6 heteroatoms. The topological polar surface area (TPSA) is 87.7 Å². The summed E-state index contributed by atoms with van der Waals surface area (Å²) in [6, 6.07) is -0.284. The molecule has 0 radical (unpaired) electrons. The van der Waals surface area contributed by atoms with E-state index in [0.717, 1.165) is 0 Å². The standard InChI is InChI=1S/C12H24N2O4/c1-4-18-8-10(3)14-12(17)13-7-5-6-9(2)11(15)16/h9-10H,4-8H2,1-3H3,(H,15,16)(H2,13,14,17). The predicted octanol–water partition coefficient (Wildman–Crippen LogP) is 1.21. The monoisotopic (exact) mass is 260 g/mol. The summed E-state index contributed by atoms with van der Waals surface area (Å²) in [7, 11) is 0. The molecule has 0 heterocycles. The van der Waals surface area contributed by atoms with Crippen molar-refractivity contribution in [2.75, 3.05) is 19.8 Å². The third-order valence-corrected chi connectivity index (χ3v) is 2.47. The Morgan fingerprint density at radius 1 is 1.33 bits per heavy atom. The number of urea groups is 1. The van der Waals surface area contributed by atoms with Gasteiger partial charge in [-0.3, -0.25) is 4.79 Å². The van der Waals surface area contributed by atoms with Gasteiger partial charge in [0.2, 0.25) is 0 Å². The Balaban J connectivity index is 3.56. The Bertz CT molecular complexity index is 258. The first-order valence-electron chi connectivity index (χ1n) is 6.32. The molecule has 0 aromatic carbocycles. The van der Waals surface area contributed by atoms with Gasteiger partial charge in [-0.1, -0.05) is 6.92 Å². The molecule has 2 atom stereocenters. The van der Waals surface area contributed by atoms with Crippen molar-refractivity contribution in [1.82, 2.24) is 10.6 Å². The van der Waals surface area contributed by atoms with Crippen LogP contribution in [-0.2, 0) is 9.53 Å². The maximum absolute atomic E-state index is 11.4. The lowest BCUT2D eigenvalue weighted by atomic mass is 10.1. The molecule has 0 aromatic rings. The number of carbonyl (C=O) groups is 2. The molecule has 106 valence electrons. The first-order valence-corrected chi connectivity index (χ1v) is 6.32. The van der Waals surface area contributed by atoms with Gasteiger partial charge in [0.05, 0.1) is 18.6 Å². The second kappa shape index (κ2) is 9.70. The number of nitrogens with one attached hydrogen (secondary N) is 2. The average Bonchev–Trinajstić information content (AvgIpc) is 2.31. The lowest BCUT2D eigenvalue weighted by Crippen LogP contribution is -2.43. The van der Waals surface area contributed by atoms with Gasteiger partial charge in [-0.05, 0) is 26.7 Å². The highest BCUT2D eigenvalue weighted by molar-refractivity contribution is 5.74. The smallest absolute Gasteiger partial charge is 0.315 e. The van der Waals surface area contributed by atoms with E-state index in [1.165, 1.54) is 0 Å². The number of aliphatic carboxylic acids is 1. The van der Waals surface area contributed by atoms with Crippen molar-refractivity contribution in [2.24, 2.45) is 5.92 Å². The van der Waals surface area contributed by atoms with Crippen LogP contribution in [0.1, 0.15) is 33.6 Å². The number of amides is 2. The molecule has 0 spiro atoms. The molecule has 0 fully saturated rings. The van der Waals surface area contributed by atoms with E-state index >= 15 is 0 Å². The van der Waals surface area contributed by atoms with Crippen LogP contribution in [0.3, 0.4) is 0 Å². The molecule has 0 rings (SSSR count). The molecule has 0 aromatic heterocycles. The number of hydrogen-bond acceptors (Lipinski definition) is 3. The van der Waals surface area contributed by atoms with Gasteiger partial charge in [0.1, 0.15) is 0 Å². The van der Waals surface area contributed by atoms with E-state index in [0.29, 0.717) is 32.6 Å². The van der Waals surface area contributed by atoms with E-state index in [4.69, 9.17) is 9.84 Å². The van der Waals surface area contributed by atoms with Crippen LogP contribution in [0.2, 0.25) is 0 Å². The molecular formula is C12H24N2O4. The fourth-order valence-corrected chi connectivity index (χ4v) is 1.34. The van der Waals surface area contributed by atoms with Crippen molar-refractivity contribution in [3.63, 3.8) is 0 Å². The highest BCUT2D eigenvalue weighted by atomic mass is 16.5. The van der Waals surface area contributed by atoms with Crippen LogP contribution < -0.4 is 10.6 Å². The molecule has 0 aliphatic rings. The van der Waals surface area contributed by atoms with Gasteiger partial charge in [-0.25, -0.2) is 4.79 Å². The van der Waals surface area contributed by atoms with E-state index in [1.54, 1.807) is 6.92 Å². The molecule has 6 nitrogen and oxygen atoms in total. The maximum Gasteiger partial charge on any atom is 0.315 e. The highest BCUT2D eigenvalue weighted by Gasteiger charge is 2.10. The molecule has 3 N–H and O–H groups in total. The summed E-state index contributed by atoms with van der Waals surface area (Å²) >= 11 is 0. The average molecular weight is 260 g/mol. The van der Waals surface area contributed by atoms with Crippen LogP contribution in [0.5, 0.6) is 0 Å². The number of rotatable bonds is 9. The molecule has 0 bridgehead atoms. The Morgan fingerprint density at radius 2 is 2.00 bits per heavy atom. The third-order valence-electron chi connectivity index (χ3n) is 2.47. The lowest BCUT2D eigenvalue weighted by molar-refractivity contribution is -0.141. The Kier molecular flexibility index (Phi) is 9.00. The van der Waals surface area contributed by atoms with Crippen LogP contribution in [-0.4, -0.2) is 42.9 Å². The zero-order chi connectivity index (χ0) is 14.0. The second-order valence-electron chi connectivity index (χ2n) is 4.34. The van der Waals surface area contributed by atoms with Crippen LogP contribution >= 0.6 is 0 Å². The summed E-state index contributed by atoms with van der Waals surface area (Å²) in [6.07, 6.45) is 1.21. The van der Waals surface area contributed by atoms with Crippen LogP contribution in [0.15, 0.2) is 0 Å². The summed E-state index contributed by atoms with van der Waals surface area (Å²) in [5, 5.41) is 14.1. The molecule has 2 amide bonds. The van der Waals surface area contributed by atoms with Crippen molar-refractivity contribution in [3.8, 4) is 0 Å². The quantitative estimate of drug-likeness (QED) is 0.544. The van der Waals surface area contributed by atoms with Crippen molar-refractivity contribution in [1.29, 1.82) is 0 Å². The summed E-state index contributed by atoms with van der Waals surface area (Å²) in [6.45, 7) is 7.01. The zero-order valence-electron chi connectivity index (χ0n) is 11.4. The van der Waals surface area contributed by atoms with Crippen molar-refractivity contribution in [2.45, 2.75) is 39.7 Å². The fraction of sp³-hybridized carbons (Fsp3) is 0.833. The molecule has 0 saturated heterocycles. The van der Waals surface area contributed by atoms with E-state index in [9.17, 15) is 9.59 Å². The first-order chi connectivity index (χ1) is 8.47. The molecule has 0 aliphatic heterocycles. The van der Waals surface area contributed by atoms with Gasteiger partial charge in [-0.2, -0.15) is 0 Å². The number of carboxylic acid groups (broad SMARTS) is 1. The number of hydrogen-bond donors (Lipinski definition) is 3. The molecule has 0 saturated carbocycles. The minimum Gasteiger partial charge on any atom is -0.481 e. The number of ether oxygens (including phenoxy) is 1. The van der Waals surface area contributed by atoms with Gasteiger partial charge in [0.15, 0.2) is 0 Å². The van der Waals surface area contributed by atoms with E-state index in [2.05, 4.69) is 10.6 Å². The molecule has 2 unspecified atom stereocenters. The van der Waals surface area contributed by atoms with E-state index in [-0.39, 0.29) is 18.0 Å². The van der Waals surface area contributed by atoms with E-state index in [1.807, 2.05) is 13.8 Å². The SMILES string of the molecule is CCOCC(C)NC(=O)NCCCC(C)C(=O)O. The van der Waals surface area contributed by atoms with Crippen molar-refractivity contribution >= 4 is 12.0 Å². The summed E-state index contributed by atoms with van der Waals surface area (Å²) in [5.74, 6) is -1.17. The van der Waals surface area contributed by atoms with E-state index < -0.39 is 5.97 Å². The summed E-state index contributed by atoms with van der Waals surface area (Å²) in [5.41, 5.74) is 0. The maximum atomic E-state index is 11.4. The van der Waals surface area contributed by atoms with Gasteiger partial charge in [-0.15, -0.1) is 0 Å². The summed E-state index contributed by atoms with van der Waals surface area (Å²) < 4.78 is 5.17. The van der Waals surface area contributed by atoms with Gasteiger partial charge in [0.25, 0.3) is 0 Å². The number of carboxylic acids is 1. The number of carbonyl (C=O) groups excluding carboxylic acids is 1. The highest BCUT2D eigenvalue weighted by Crippen LogP contribution is 2.03. The normalized spacial score (nSPS) is 13.7. The third kappa shape index (κ3) is 8.81. The van der Waals surface area contributed by atoms with Crippen LogP contribution in [0.25, 0.3) is 0 Å². The largest absolute Gasteiger partial charge is 0.481 e. The van der Waals surface area contributed by atoms with Gasteiger partial charge >= 0.3 is 12.0 Å². The molecule has 18 heavy (non-hydrogen) atoms. The minimum absolute atomic E-state index is 0.0390. The van der Waals surface area contributed by atoms with Gasteiger partial charge < -0.3 is 20.5 Å². The minimum atomic E-state index is -0.801. The second-order valence-corrected chi connectivity index (χ2v) is 4.34.